The quantitative estimate of drug-likeness (QED) is 0.248. The Morgan fingerprint density at radius 1 is 1.03 bits per heavy atom. The number of para-hydroxylation sites is 1. The maximum atomic E-state index is 5.54. The van der Waals surface area contributed by atoms with Crippen LogP contribution < -0.4 is 16.2 Å². The van der Waals surface area contributed by atoms with Gasteiger partial charge in [-0.1, -0.05) is 61.5 Å². The van der Waals surface area contributed by atoms with Crippen LogP contribution in [0.4, 0.5) is 17.3 Å². The first-order valence-electron chi connectivity index (χ1n) is 9.25. The summed E-state index contributed by atoms with van der Waals surface area (Å²) in [6, 6.07) is 21.5. The van der Waals surface area contributed by atoms with Crippen molar-refractivity contribution in [2.75, 3.05) is 11.9 Å². The van der Waals surface area contributed by atoms with Crippen LogP contribution in [0.1, 0.15) is 18.3 Å². The zero-order chi connectivity index (χ0) is 20.3. The van der Waals surface area contributed by atoms with Crippen molar-refractivity contribution in [2.45, 2.75) is 6.92 Å². The summed E-state index contributed by atoms with van der Waals surface area (Å²) in [7, 11) is 0. The van der Waals surface area contributed by atoms with Crippen molar-refractivity contribution >= 4 is 35.3 Å². The fraction of sp³-hybridized carbons (Fsp3) is 0.0870. The number of benzene rings is 2. The molecule has 1 heterocycles. The minimum Gasteiger partial charge on any atom is -0.340 e. The lowest BCUT2D eigenvalue weighted by molar-refractivity contribution is 0.688. The number of anilines is 2. The molecule has 0 aliphatic carbocycles. The third kappa shape index (κ3) is 6.31. The normalized spacial score (nSPS) is 11.2. The molecule has 3 rings (SSSR count). The maximum Gasteiger partial charge on any atom is 0.194 e. The van der Waals surface area contributed by atoms with E-state index in [4.69, 9.17) is 6.42 Å². The number of aromatic nitrogens is 2. The highest BCUT2D eigenvalue weighted by molar-refractivity contribution is 5.99. The van der Waals surface area contributed by atoms with Crippen LogP contribution in [0.2, 0.25) is 0 Å². The molecule has 0 spiro atoms. The number of hydrazine groups is 1. The van der Waals surface area contributed by atoms with E-state index < -0.39 is 0 Å². The van der Waals surface area contributed by atoms with Crippen LogP contribution in [0.5, 0.6) is 0 Å². The Labute approximate surface area is 170 Å². The predicted molar refractivity (Wildman–Crippen MR) is 120 cm³/mol. The zero-order valence-corrected chi connectivity index (χ0v) is 16.1. The highest BCUT2D eigenvalue weighted by Crippen LogP contribution is 2.20. The van der Waals surface area contributed by atoms with E-state index in [2.05, 4.69) is 37.0 Å². The summed E-state index contributed by atoms with van der Waals surface area (Å²) in [5, 5.41) is 3.28. The number of amidine groups is 1. The summed E-state index contributed by atoms with van der Waals surface area (Å²) in [5.41, 5.74) is 7.79. The van der Waals surface area contributed by atoms with Crippen LogP contribution in [0.3, 0.4) is 0 Å². The first-order chi connectivity index (χ1) is 14.3. The van der Waals surface area contributed by atoms with E-state index in [0.717, 1.165) is 11.3 Å². The second-order valence-corrected chi connectivity index (χ2v) is 5.96. The third-order valence-corrected chi connectivity index (χ3v) is 3.75. The topological polar surface area (TPSA) is 74.2 Å². The highest BCUT2D eigenvalue weighted by atomic mass is 15.4. The van der Waals surface area contributed by atoms with Gasteiger partial charge in [0, 0.05) is 18.3 Å². The summed E-state index contributed by atoms with van der Waals surface area (Å²) in [4.78, 5) is 13.5. The van der Waals surface area contributed by atoms with Crippen LogP contribution >= 0.6 is 0 Å². The van der Waals surface area contributed by atoms with E-state index in [1.165, 1.54) is 0 Å². The minimum absolute atomic E-state index is 0.342. The molecule has 0 amide bonds. The van der Waals surface area contributed by atoms with Crippen molar-refractivity contribution in [3.8, 4) is 12.3 Å². The van der Waals surface area contributed by atoms with Crippen LogP contribution in [-0.4, -0.2) is 22.3 Å². The number of terminal acetylenes is 1. The molecule has 0 radical (unpaired) electrons. The third-order valence-electron chi connectivity index (χ3n) is 3.75. The van der Waals surface area contributed by atoms with E-state index in [9.17, 15) is 0 Å². The van der Waals surface area contributed by atoms with Crippen molar-refractivity contribution < 1.29 is 0 Å². The van der Waals surface area contributed by atoms with E-state index in [1.807, 2.05) is 79.7 Å². The van der Waals surface area contributed by atoms with Crippen molar-refractivity contribution in [3.05, 3.63) is 78.1 Å². The molecule has 6 nitrogen and oxygen atoms in total. The van der Waals surface area contributed by atoms with E-state index in [0.29, 0.717) is 29.8 Å². The number of nitrogens with zero attached hydrogens (tertiary/aromatic N) is 3. The second kappa shape index (κ2) is 10.4. The zero-order valence-electron chi connectivity index (χ0n) is 16.1. The lowest BCUT2D eigenvalue weighted by Crippen LogP contribution is -2.36. The smallest absolute Gasteiger partial charge is 0.194 e. The summed E-state index contributed by atoms with van der Waals surface area (Å²) < 4.78 is 0. The van der Waals surface area contributed by atoms with Crippen LogP contribution in [0, 0.1) is 12.3 Å². The van der Waals surface area contributed by atoms with E-state index in [-0.39, 0.29) is 0 Å². The van der Waals surface area contributed by atoms with Gasteiger partial charge in [0.15, 0.2) is 17.5 Å². The number of hydrogen-bond donors (Lipinski definition) is 3. The Kier molecular flexibility index (Phi) is 7.10. The van der Waals surface area contributed by atoms with Crippen LogP contribution in [0.25, 0.3) is 12.2 Å². The van der Waals surface area contributed by atoms with Gasteiger partial charge in [0.25, 0.3) is 0 Å². The summed E-state index contributed by atoms with van der Waals surface area (Å²) in [6.45, 7) is 2.66. The van der Waals surface area contributed by atoms with E-state index >= 15 is 0 Å². The van der Waals surface area contributed by atoms with Gasteiger partial charge in [-0.05, 0) is 29.7 Å². The van der Waals surface area contributed by atoms with Gasteiger partial charge in [0.05, 0.1) is 0 Å². The van der Waals surface area contributed by atoms with Gasteiger partial charge < -0.3 is 5.32 Å². The van der Waals surface area contributed by atoms with Crippen molar-refractivity contribution in [1.82, 2.24) is 20.8 Å². The molecular weight excluding hydrogens is 360 g/mol. The van der Waals surface area contributed by atoms with Gasteiger partial charge in [0.2, 0.25) is 0 Å². The monoisotopic (exact) mass is 382 g/mol. The molecule has 3 N–H and O–H groups in total. The Balaban J connectivity index is 1.94. The molecule has 6 heteroatoms. The Morgan fingerprint density at radius 2 is 1.76 bits per heavy atom. The van der Waals surface area contributed by atoms with Gasteiger partial charge in [-0.15, -0.1) is 6.42 Å². The van der Waals surface area contributed by atoms with Crippen molar-refractivity contribution in [2.24, 2.45) is 4.99 Å². The largest absolute Gasteiger partial charge is 0.340 e. The molecule has 29 heavy (non-hydrogen) atoms. The molecule has 0 unspecified atom stereocenters. The first kappa shape index (κ1) is 19.8. The van der Waals surface area contributed by atoms with Gasteiger partial charge in [-0.3, -0.25) is 5.43 Å². The lowest BCUT2D eigenvalue weighted by Gasteiger charge is -2.08. The minimum atomic E-state index is 0.342. The molecule has 1 aromatic heterocycles. The molecule has 0 fully saturated rings. The van der Waals surface area contributed by atoms with Crippen molar-refractivity contribution in [3.63, 3.8) is 0 Å². The molecule has 0 aliphatic rings. The van der Waals surface area contributed by atoms with Gasteiger partial charge in [0.1, 0.15) is 5.82 Å². The molecule has 0 bridgehead atoms. The van der Waals surface area contributed by atoms with Gasteiger partial charge in [-0.2, -0.15) is 0 Å². The number of hydrogen-bond acceptors (Lipinski definition) is 5. The molecule has 0 saturated carbocycles. The molecule has 144 valence electrons. The Hall–Kier alpha value is -3.95. The lowest BCUT2D eigenvalue weighted by atomic mass is 10.2. The first-order valence-corrected chi connectivity index (χ1v) is 9.25. The van der Waals surface area contributed by atoms with E-state index in [1.54, 1.807) is 6.07 Å². The average molecular weight is 382 g/mol. The molecular formula is C23H22N6. The standard InChI is InChI=1S/C23H22N6/c1-3-20(29-24-4-2)26-23-17-22(25-19-13-9-6-10-14-19)27-21(28-23)16-15-18-11-7-5-8-12-18/h1,5-17,24H,4H2,2H3,(H2,25,26,27,28,29)/b16-15+. The SMILES string of the molecule is C#CC(=Nc1cc(Nc2ccccc2)nc(/C=C/c2ccccc2)n1)NNCC. The van der Waals surface area contributed by atoms with Crippen LogP contribution in [-0.2, 0) is 0 Å². The maximum absolute atomic E-state index is 5.54. The van der Waals surface area contributed by atoms with Gasteiger partial charge in [-0.25, -0.2) is 20.4 Å². The molecule has 0 atom stereocenters. The number of nitrogens with one attached hydrogen (secondary N) is 3. The van der Waals surface area contributed by atoms with Gasteiger partial charge >= 0.3 is 0 Å². The summed E-state index contributed by atoms with van der Waals surface area (Å²) >= 11 is 0. The molecule has 3 aromatic rings. The summed E-state index contributed by atoms with van der Waals surface area (Å²) in [5.74, 6) is 4.44. The highest BCUT2D eigenvalue weighted by Gasteiger charge is 2.05. The fourth-order valence-electron chi connectivity index (χ4n) is 2.44. The predicted octanol–water partition coefficient (Wildman–Crippen LogP) is 4.17. The molecule has 0 aliphatic heterocycles. The number of aliphatic imine (C=N–C) groups is 1. The molecule has 0 saturated heterocycles. The Bertz CT molecular complexity index is 1020. The Morgan fingerprint density at radius 3 is 2.45 bits per heavy atom. The van der Waals surface area contributed by atoms with Crippen LogP contribution in [0.15, 0.2) is 71.7 Å². The van der Waals surface area contributed by atoms with Crippen molar-refractivity contribution in [1.29, 1.82) is 0 Å². The summed E-state index contributed by atoms with van der Waals surface area (Å²) in [6.07, 6.45) is 9.34. The number of rotatable bonds is 7. The molecule has 2 aromatic carbocycles. The second-order valence-electron chi connectivity index (χ2n) is 5.96. The average Bonchev–Trinajstić information content (AvgIpc) is 2.76. The fourth-order valence-corrected chi connectivity index (χ4v) is 2.44.